The molecule has 0 radical (unpaired) electrons. The number of para-hydroxylation sites is 1. The quantitative estimate of drug-likeness (QED) is 0.553. The first-order valence-electron chi connectivity index (χ1n) is 8.49. The Morgan fingerprint density at radius 2 is 1.54 bits per heavy atom. The van der Waals surface area contributed by atoms with Crippen molar-refractivity contribution in [3.05, 3.63) is 96.0 Å². The second-order valence-electron chi connectivity index (χ2n) is 6.59. The number of aromatic nitrogens is 1. The van der Waals surface area contributed by atoms with E-state index in [2.05, 4.69) is 88.5 Å². The fourth-order valence-corrected chi connectivity index (χ4v) is 4.50. The maximum absolute atomic E-state index is 2.53. The first-order chi connectivity index (χ1) is 11.9. The monoisotopic (exact) mass is 308 g/mol. The standard InChI is InChI=1S/C22H16N2/c1-2-9-17-15(7-1)16-8-3-4-10-18(16)24-20-12-5-11-19(20)23-14-6-13-21(23)22(17)24/h1-4,6-14,22H,5H2. The molecular weight excluding hydrogens is 292 g/mol. The van der Waals surface area contributed by atoms with Crippen LogP contribution in [0.15, 0.2) is 84.7 Å². The molecule has 6 rings (SSSR count). The zero-order valence-corrected chi connectivity index (χ0v) is 13.2. The minimum atomic E-state index is 0.243. The van der Waals surface area contributed by atoms with Crippen LogP contribution in [0.4, 0.5) is 5.69 Å². The first kappa shape index (κ1) is 12.4. The molecule has 2 aliphatic heterocycles. The van der Waals surface area contributed by atoms with Crippen molar-refractivity contribution < 1.29 is 0 Å². The summed E-state index contributed by atoms with van der Waals surface area (Å²) >= 11 is 0. The Morgan fingerprint density at radius 3 is 2.50 bits per heavy atom. The van der Waals surface area contributed by atoms with Gasteiger partial charge in [-0.3, -0.25) is 0 Å². The molecule has 2 nitrogen and oxygen atoms in total. The molecule has 0 spiro atoms. The molecule has 2 heteroatoms. The number of rotatable bonds is 0. The third-order valence-corrected chi connectivity index (χ3v) is 5.43. The van der Waals surface area contributed by atoms with Crippen molar-refractivity contribution in [1.29, 1.82) is 0 Å². The summed E-state index contributed by atoms with van der Waals surface area (Å²) in [6.07, 6.45) is 7.89. The van der Waals surface area contributed by atoms with Crippen LogP contribution in [0.2, 0.25) is 0 Å². The molecule has 3 aliphatic rings. The molecule has 3 heterocycles. The summed E-state index contributed by atoms with van der Waals surface area (Å²) in [4.78, 5) is 2.53. The Bertz CT molecular complexity index is 1050. The van der Waals surface area contributed by atoms with Gasteiger partial charge < -0.3 is 9.47 Å². The fraction of sp³-hybridized carbons (Fsp3) is 0.0909. The van der Waals surface area contributed by atoms with E-state index in [0.29, 0.717) is 0 Å². The molecular formula is C22H16N2. The van der Waals surface area contributed by atoms with Crippen LogP contribution in [0, 0.1) is 0 Å². The predicted molar refractivity (Wildman–Crippen MR) is 97.6 cm³/mol. The van der Waals surface area contributed by atoms with Gasteiger partial charge in [-0.25, -0.2) is 0 Å². The van der Waals surface area contributed by atoms with E-state index in [1.807, 2.05) is 0 Å². The van der Waals surface area contributed by atoms with Gasteiger partial charge in [0.2, 0.25) is 0 Å². The van der Waals surface area contributed by atoms with Gasteiger partial charge in [-0.1, -0.05) is 54.6 Å². The van der Waals surface area contributed by atoms with Crippen LogP contribution in [0.3, 0.4) is 0 Å². The molecule has 0 N–H and O–H groups in total. The largest absolute Gasteiger partial charge is 0.326 e. The van der Waals surface area contributed by atoms with Gasteiger partial charge in [0, 0.05) is 11.8 Å². The van der Waals surface area contributed by atoms with Crippen molar-refractivity contribution in [3.63, 3.8) is 0 Å². The van der Waals surface area contributed by atoms with Crippen LogP contribution in [-0.2, 0) is 0 Å². The maximum Gasteiger partial charge on any atom is 0.100 e. The molecule has 2 aromatic carbocycles. The van der Waals surface area contributed by atoms with Crippen molar-refractivity contribution in [3.8, 4) is 11.1 Å². The number of nitrogens with zero attached hydrogens (tertiary/aromatic N) is 2. The van der Waals surface area contributed by atoms with Gasteiger partial charge in [0.05, 0.1) is 22.8 Å². The Balaban J connectivity index is 1.76. The van der Waals surface area contributed by atoms with Crippen molar-refractivity contribution in [2.75, 3.05) is 4.90 Å². The van der Waals surface area contributed by atoms with Crippen LogP contribution >= 0.6 is 0 Å². The molecule has 0 fully saturated rings. The van der Waals surface area contributed by atoms with Gasteiger partial charge in [0.15, 0.2) is 0 Å². The maximum atomic E-state index is 2.53. The van der Waals surface area contributed by atoms with Gasteiger partial charge in [-0.2, -0.15) is 0 Å². The molecule has 0 amide bonds. The van der Waals surface area contributed by atoms with E-state index < -0.39 is 0 Å². The highest BCUT2D eigenvalue weighted by molar-refractivity contribution is 5.92. The van der Waals surface area contributed by atoms with Gasteiger partial charge in [0.1, 0.15) is 6.04 Å². The number of fused-ring (bicyclic) bond motifs is 11. The Hall–Kier alpha value is -3.00. The molecule has 1 aliphatic carbocycles. The second kappa shape index (κ2) is 4.30. The van der Waals surface area contributed by atoms with E-state index >= 15 is 0 Å². The molecule has 0 saturated heterocycles. The van der Waals surface area contributed by atoms with Crippen LogP contribution in [0.1, 0.15) is 23.7 Å². The van der Waals surface area contributed by atoms with Gasteiger partial charge in [0.25, 0.3) is 0 Å². The van der Waals surface area contributed by atoms with Crippen LogP contribution < -0.4 is 4.90 Å². The smallest absolute Gasteiger partial charge is 0.100 e. The lowest BCUT2D eigenvalue weighted by atomic mass is 9.85. The van der Waals surface area contributed by atoms with Crippen molar-refractivity contribution >= 4 is 11.4 Å². The third-order valence-electron chi connectivity index (χ3n) is 5.43. The molecule has 1 unspecified atom stereocenters. The Labute approximate surface area is 141 Å². The summed E-state index contributed by atoms with van der Waals surface area (Å²) in [5.74, 6) is 0. The minimum absolute atomic E-state index is 0.243. The third kappa shape index (κ3) is 1.37. The lowest BCUT2D eigenvalue weighted by molar-refractivity contribution is 0.706. The number of allylic oxidation sites excluding steroid dienone is 3. The minimum Gasteiger partial charge on any atom is -0.326 e. The fourth-order valence-electron chi connectivity index (χ4n) is 4.50. The highest BCUT2D eigenvalue weighted by Crippen LogP contribution is 2.53. The van der Waals surface area contributed by atoms with E-state index in [1.54, 1.807) is 0 Å². The summed E-state index contributed by atoms with van der Waals surface area (Å²) < 4.78 is 2.37. The zero-order chi connectivity index (χ0) is 15.7. The molecule has 3 aromatic rings. The Kier molecular flexibility index (Phi) is 2.22. The van der Waals surface area contributed by atoms with Gasteiger partial charge in [-0.05, 0) is 35.7 Å². The van der Waals surface area contributed by atoms with Crippen molar-refractivity contribution in [2.24, 2.45) is 0 Å². The second-order valence-corrected chi connectivity index (χ2v) is 6.59. The summed E-state index contributed by atoms with van der Waals surface area (Å²) in [6, 6.07) is 22.3. The van der Waals surface area contributed by atoms with Crippen LogP contribution in [0.5, 0.6) is 0 Å². The van der Waals surface area contributed by atoms with E-state index in [9.17, 15) is 0 Å². The predicted octanol–water partition coefficient (Wildman–Crippen LogP) is 5.21. The molecule has 0 bridgehead atoms. The van der Waals surface area contributed by atoms with E-state index in [1.165, 1.54) is 39.5 Å². The summed E-state index contributed by atoms with van der Waals surface area (Å²) in [7, 11) is 0. The number of benzene rings is 2. The van der Waals surface area contributed by atoms with Crippen LogP contribution in [-0.4, -0.2) is 4.57 Å². The van der Waals surface area contributed by atoms with E-state index in [0.717, 1.165) is 6.42 Å². The molecule has 24 heavy (non-hydrogen) atoms. The molecule has 1 aromatic heterocycles. The lowest BCUT2D eigenvalue weighted by Gasteiger charge is -2.45. The number of anilines is 1. The van der Waals surface area contributed by atoms with Crippen LogP contribution in [0.25, 0.3) is 16.8 Å². The summed E-state index contributed by atoms with van der Waals surface area (Å²) in [6.45, 7) is 0. The van der Waals surface area contributed by atoms with Gasteiger partial charge in [-0.15, -0.1) is 0 Å². The number of hydrogen-bond donors (Lipinski definition) is 0. The Morgan fingerprint density at radius 1 is 0.750 bits per heavy atom. The first-order valence-corrected chi connectivity index (χ1v) is 8.49. The SMILES string of the molecule is C1=C2C(=CC1)n1cccc1C1c3ccccc3-c3ccccc3N21. The summed E-state index contributed by atoms with van der Waals surface area (Å²) in [5, 5.41) is 0. The highest BCUT2D eigenvalue weighted by Gasteiger charge is 2.40. The average molecular weight is 308 g/mol. The average Bonchev–Trinajstić information content (AvgIpc) is 3.30. The van der Waals surface area contributed by atoms with Crippen molar-refractivity contribution in [1.82, 2.24) is 4.57 Å². The summed E-state index contributed by atoms with van der Waals surface area (Å²) in [5.41, 5.74) is 9.40. The van der Waals surface area contributed by atoms with Gasteiger partial charge >= 0.3 is 0 Å². The number of hydrogen-bond acceptors (Lipinski definition) is 1. The molecule has 1 atom stereocenters. The molecule has 114 valence electrons. The zero-order valence-electron chi connectivity index (χ0n) is 13.2. The van der Waals surface area contributed by atoms with E-state index in [-0.39, 0.29) is 6.04 Å². The lowest BCUT2D eigenvalue weighted by Crippen LogP contribution is -2.37. The highest BCUT2D eigenvalue weighted by atomic mass is 15.3. The van der Waals surface area contributed by atoms with Crippen molar-refractivity contribution in [2.45, 2.75) is 12.5 Å². The molecule has 0 saturated carbocycles. The van der Waals surface area contributed by atoms with E-state index in [4.69, 9.17) is 0 Å². The topological polar surface area (TPSA) is 8.17 Å². The normalized spacial score (nSPS) is 19.5.